The number of nitrogens with one attached hydrogen (secondary N) is 3. The number of hydrogen-bond acceptors (Lipinski definition) is 3. The highest BCUT2D eigenvalue weighted by Crippen LogP contribution is 2.18. The minimum absolute atomic E-state index is 0.0538. The molecule has 1 aliphatic rings. The van der Waals surface area contributed by atoms with Gasteiger partial charge in [0, 0.05) is 24.5 Å². The Morgan fingerprint density at radius 1 is 1.30 bits per heavy atom. The second-order valence-electron chi connectivity index (χ2n) is 5.14. The number of dihydropyridines is 1. The van der Waals surface area contributed by atoms with Gasteiger partial charge in [-0.25, -0.2) is 4.39 Å². The van der Waals surface area contributed by atoms with Crippen LogP contribution in [0.4, 0.5) is 10.1 Å². The highest BCUT2D eigenvalue weighted by molar-refractivity contribution is 6.39. The smallest absolute Gasteiger partial charge is 0.313 e. The molecule has 0 atom stereocenters. The van der Waals surface area contributed by atoms with Crippen LogP contribution in [0.3, 0.4) is 0 Å². The third-order valence-corrected chi connectivity index (χ3v) is 3.82. The topological polar surface area (TPSA) is 70.2 Å². The van der Waals surface area contributed by atoms with E-state index < -0.39 is 17.6 Å². The quantitative estimate of drug-likeness (QED) is 0.742. The van der Waals surface area contributed by atoms with Crippen molar-refractivity contribution in [1.29, 1.82) is 0 Å². The first-order valence-corrected chi connectivity index (χ1v) is 7.41. The van der Waals surface area contributed by atoms with E-state index in [1.54, 1.807) is 0 Å². The average molecular weight is 338 g/mol. The van der Waals surface area contributed by atoms with Crippen molar-refractivity contribution < 1.29 is 14.0 Å². The maximum absolute atomic E-state index is 13.3. The minimum atomic E-state index is -0.865. The minimum Gasteiger partial charge on any atom is -0.385 e. The van der Waals surface area contributed by atoms with Gasteiger partial charge in [-0.1, -0.05) is 17.7 Å². The lowest BCUT2D eigenvalue weighted by Crippen LogP contribution is -2.37. The Morgan fingerprint density at radius 3 is 2.70 bits per heavy atom. The third kappa shape index (κ3) is 4.32. The van der Waals surface area contributed by atoms with E-state index in [1.807, 2.05) is 19.9 Å². The number of carbonyl (C=O) groups is 2. The number of allylic oxidation sites excluding steroid dienone is 1. The van der Waals surface area contributed by atoms with Crippen molar-refractivity contribution in [3.8, 4) is 0 Å². The first kappa shape index (κ1) is 17.0. The van der Waals surface area contributed by atoms with Crippen molar-refractivity contribution >= 4 is 29.1 Å². The van der Waals surface area contributed by atoms with Gasteiger partial charge in [0.05, 0.1) is 5.02 Å². The maximum atomic E-state index is 13.3. The average Bonchev–Trinajstić information content (AvgIpc) is 2.50. The number of benzene rings is 1. The van der Waals surface area contributed by atoms with Gasteiger partial charge in [-0.15, -0.1) is 0 Å². The number of rotatable bonds is 3. The van der Waals surface area contributed by atoms with E-state index >= 15 is 0 Å². The van der Waals surface area contributed by atoms with E-state index in [0.717, 1.165) is 29.5 Å². The number of halogens is 2. The number of carbonyl (C=O) groups excluding carboxylic acids is 2. The molecule has 0 radical (unpaired) electrons. The molecule has 2 rings (SSSR count). The van der Waals surface area contributed by atoms with E-state index in [9.17, 15) is 14.0 Å². The molecule has 0 bridgehead atoms. The summed E-state index contributed by atoms with van der Waals surface area (Å²) in [4.78, 5) is 23.7. The molecule has 0 fully saturated rings. The van der Waals surface area contributed by atoms with E-state index in [2.05, 4.69) is 16.0 Å². The van der Waals surface area contributed by atoms with Gasteiger partial charge in [-0.3, -0.25) is 9.59 Å². The molecule has 1 aromatic carbocycles. The Morgan fingerprint density at radius 2 is 2.04 bits per heavy atom. The van der Waals surface area contributed by atoms with Crippen LogP contribution in [0.2, 0.25) is 5.02 Å². The van der Waals surface area contributed by atoms with Crippen LogP contribution in [0, 0.1) is 5.82 Å². The highest BCUT2D eigenvalue weighted by atomic mass is 35.5. The summed E-state index contributed by atoms with van der Waals surface area (Å²) < 4.78 is 13.3. The van der Waals surface area contributed by atoms with Gasteiger partial charge in [0.15, 0.2) is 0 Å². The predicted molar refractivity (Wildman–Crippen MR) is 87.5 cm³/mol. The molecule has 0 aromatic heterocycles. The van der Waals surface area contributed by atoms with Crippen molar-refractivity contribution in [2.24, 2.45) is 0 Å². The lowest BCUT2D eigenvalue weighted by Gasteiger charge is -2.19. The molecular weight excluding hydrogens is 321 g/mol. The molecule has 0 spiro atoms. The Hall–Kier alpha value is -2.34. The molecular formula is C16H17ClFN3O2. The van der Waals surface area contributed by atoms with E-state index in [-0.39, 0.29) is 17.3 Å². The summed E-state index contributed by atoms with van der Waals surface area (Å²) in [6, 6.07) is 3.78. The zero-order valence-corrected chi connectivity index (χ0v) is 13.6. The van der Waals surface area contributed by atoms with Crippen molar-refractivity contribution in [3.05, 3.63) is 52.0 Å². The van der Waals surface area contributed by atoms with Crippen LogP contribution >= 0.6 is 11.6 Å². The van der Waals surface area contributed by atoms with E-state index in [4.69, 9.17) is 11.6 Å². The Balaban J connectivity index is 1.94. The molecule has 7 heteroatoms. The summed E-state index contributed by atoms with van der Waals surface area (Å²) in [6.45, 7) is 4.84. The first-order chi connectivity index (χ1) is 10.9. The summed E-state index contributed by atoms with van der Waals surface area (Å²) in [5.74, 6) is -2.32. The van der Waals surface area contributed by atoms with Crippen molar-refractivity contribution in [2.75, 3.05) is 18.4 Å². The molecule has 1 aromatic rings. The van der Waals surface area contributed by atoms with Crippen LogP contribution in [0.1, 0.15) is 13.8 Å². The molecule has 2 amide bonds. The molecule has 0 unspecified atom stereocenters. The number of hydrogen-bond donors (Lipinski definition) is 3. The summed E-state index contributed by atoms with van der Waals surface area (Å²) in [6.07, 6.45) is 2.01. The standard InChI is InChI=1S/C16H17ClFN3O2/c1-9-5-6-19-10(2)12(9)8-20-15(22)16(23)21-11-3-4-13(17)14(18)7-11/h3-5,7,19H,6,8H2,1-2H3,(H,20,22)(H,21,23). The Labute approximate surface area is 138 Å². The summed E-state index contributed by atoms with van der Waals surface area (Å²) >= 11 is 5.56. The van der Waals surface area contributed by atoms with Gasteiger partial charge in [0.25, 0.3) is 0 Å². The van der Waals surface area contributed by atoms with Gasteiger partial charge in [-0.2, -0.15) is 0 Å². The summed E-state index contributed by atoms with van der Waals surface area (Å²) in [5.41, 5.74) is 3.13. The number of anilines is 1. The second kappa shape index (κ2) is 7.28. The molecule has 1 heterocycles. The first-order valence-electron chi connectivity index (χ1n) is 7.03. The van der Waals surface area contributed by atoms with Crippen LogP contribution in [0.25, 0.3) is 0 Å². The summed E-state index contributed by atoms with van der Waals surface area (Å²) in [7, 11) is 0. The van der Waals surface area contributed by atoms with Crippen molar-refractivity contribution in [3.63, 3.8) is 0 Å². The molecule has 3 N–H and O–H groups in total. The molecule has 1 aliphatic heterocycles. The molecule has 0 saturated carbocycles. The molecule has 0 saturated heterocycles. The van der Waals surface area contributed by atoms with Crippen LogP contribution in [-0.2, 0) is 9.59 Å². The van der Waals surface area contributed by atoms with Gasteiger partial charge in [-0.05, 0) is 43.2 Å². The largest absolute Gasteiger partial charge is 0.385 e. The second-order valence-corrected chi connectivity index (χ2v) is 5.54. The van der Waals surface area contributed by atoms with Gasteiger partial charge >= 0.3 is 11.8 Å². The van der Waals surface area contributed by atoms with Gasteiger partial charge < -0.3 is 16.0 Å². The van der Waals surface area contributed by atoms with Crippen LogP contribution in [0.5, 0.6) is 0 Å². The predicted octanol–water partition coefficient (Wildman–Crippen LogP) is 2.36. The lowest BCUT2D eigenvalue weighted by molar-refractivity contribution is -0.136. The zero-order valence-electron chi connectivity index (χ0n) is 12.8. The fraction of sp³-hybridized carbons (Fsp3) is 0.250. The summed E-state index contributed by atoms with van der Waals surface area (Å²) in [5, 5.41) is 7.98. The maximum Gasteiger partial charge on any atom is 0.313 e. The zero-order chi connectivity index (χ0) is 17.0. The van der Waals surface area contributed by atoms with Crippen LogP contribution in [0.15, 0.2) is 41.1 Å². The van der Waals surface area contributed by atoms with E-state index in [1.165, 1.54) is 12.1 Å². The highest BCUT2D eigenvalue weighted by Gasteiger charge is 2.16. The molecule has 0 aliphatic carbocycles. The van der Waals surface area contributed by atoms with Crippen molar-refractivity contribution in [2.45, 2.75) is 13.8 Å². The van der Waals surface area contributed by atoms with E-state index in [0.29, 0.717) is 0 Å². The monoisotopic (exact) mass is 337 g/mol. The fourth-order valence-corrected chi connectivity index (χ4v) is 2.28. The van der Waals surface area contributed by atoms with Crippen LogP contribution in [-0.4, -0.2) is 24.9 Å². The Bertz CT molecular complexity index is 713. The van der Waals surface area contributed by atoms with Gasteiger partial charge in [0.2, 0.25) is 0 Å². The normalized spacial score (nSPS) is 14.0. The third-order valence-electron chi connectivity index (χ3n) is 3.51. The van der Waals surface area contributed by atoms with Crippen LogP contribution < -0.4 is 16.0 Å². The van der Waals surface area contributed by atoms with Gasteiger partial charge in [0.1, 0.15) is 5.82 Å². The SMILES string of the molecule is CC1=CCNC(C)=C1CNC(=O)C(=O)Nc1ccc(Cl)c(F)c1. The number of amides is 2. The molecule has 122 valence electrons. The molecule has 23 heavy (non-hydrogen) atoms. The fourth-order valence-electron chi connectivity index (χ4n) is 2.17. The van der Waals surface area contributed by atoms with Crippen molar-refractivity contribution in [1.82, 2.24) is 10.6 Å². The molecule has 5 nitrogen and oxygen atoms in total. The Kier molecular flexibility index (Phi) is 5.39. The lowest BCUT2D eigenvalue weighted by atomic mass is 10.0.